The first-order chi connectivity index (χ1) is 7.70. The van der Waals surface area contributed by atoms with E-state index in [9.17, 15) is 9.59 Å². The van der Waals surface area contributed by atoms with Gasteiger partial charge >= 0.3 is 12.1 Å². The van der Waals surface area contributed by atoms with Crippen LogP contribution in [0.3, 0.4) is 0 Å². The number of hydrogen-bond acceptors (Lipinski definition) is 4. The van der Waals surface area contributed by atoms with Crippen molar-refractivity contribution >= 4 is 12.1 Å². The van der Waals surface area contributed by atoms with E-state index in [-0.39, 0.29) is 19.3 Å². The summed E-state index contributed by atoms with van der Waals surface area (Å²) in [5.74, 6) is -1.08. The van der Waals surface area contributed by atoms with E-state index in [0.29, 0.717) is 0 Å². The summed E-state index contributed by atoms with van der Waals surface area (Å²) in [7, 11) is 0. The Labute approximate surface area is 100 Å². The fourth-order valence-corrected chi connectivity index (χ4v) is 1.53. The summed E-state index contributed by atoms with van der Waals surface area (Å²) in [5, 5.41) is 9.01. The van der Waals surface area contributed by atoms with E-state index in [0.717, 1.165) is 0 Å². The molecule has 98 valence electrons. The molecule has 0 radical (unpaired) electrons. The summed E-state index contributed by atoms with van der Waals surface area (Å²) in [6, 6.07) is -0.971. The van der Waals surface area contributed by atoms with Gasteiger partial charge in [-0.3, -0.25) is 4.90 Å². The Morgan fingerprint density at radius 1 is 1.41 bits per heavy atom. The quantitative estimate of drug-likeness (QED) is 0.748. The van der Waals surface area contributed by atoms with Crippen LogP contribution in [0.2, 0.25) is 0 Å². The lowest BCUT2D eigenvalue weighted by Crippen LogP contribution is -2.56. The van der Waals surface area contributed by atoms with Crippen LogP contribution in [-0.2, 0) is 14.3 Å². The molecule has 0 bridgehead atoms. The Hall–Kier alpha value is -1.30. The van der Waals surface area contributed by atoms with Crippen molar-refractivity contribution in [1.82, 2.24) is 4.90 Å². The number of carbonyl (C=O) groups excluding carboxylic acids is 1. The molecule has 6 nitrogen and oxygen atoms in total. The number of carboxylic acid groups (broad SMARTS) is 1. The average molecular weight is 245 g/mol. The molecule has 2 atom stereocenters. The maximum Gasteiger partial charge on any atom is 0.411 e. The van der Waals surface area contributed by atoms with Crippen molar-refractivity contribution in [2.24, 2.45) is 0 Å². The fraction of sp³-hybridized carbons (Fsp3) is 0.818. The predicted octanol–water partition coefficient (Wildman–Crippen LogP) is 1.10. The van der Waals surface area contributed by atoms with Crippen LogP contribution in [0.5, 0.6) is 0 Å². The third-order valence-corrected chi connectivity index (χ3v) is 2.28. The molecule has 1 amide bonds. The van der Waals surface area contributed by atoms with E-state index in [1.54, 1.807) is 27.7 Å². The summed E-state index contributed by atoms with van der Waals surface area (Å²) >= 11 is 0. The molecular weight excluding hydrogens is 226 g/mol. The first-order valence-corrected chi connectivity index (χ1v) is 5.55. The van der Waals surface area contributed by atoms with Crippen LogP contribution in [0.15, 0.2) is 0 Å². The summed E-state index contributed by atoms with van der Waals surface area (Å²) < 4.78 is 10.4. The van der Waals surface area contributed by atoms with Gasteiger partial charge in [0.25, 0.3) is 0 Å². The van der Waals surface area contributed by atoms with E-state index in [1.807, 2.05) is 0 Å². The number of hydrogen-bond donors (Lipinski definition) is 1. The number of nitrogens with zero attached hydrogens (tertiary/aromatic N) is 1. The van der Waals surface area contributed by atoms with E-state index >= 15 is 0 Å². The van der Waals surface area contributed by atoms with Crippen LogP contribution in [0.25, 0.3) is 0 Å². The highest BCUT2D eigenvalue weighted by molar-refractivity contribution is 5.80. The van der Waals surface area contributed by atoms with Gasteiger partial charge in [-0.05, 0) is 27.7 Å². The van der Waals surface area contributed by atoms with Gasteiger partial charge in [0.2, 0.25) is 0 Å². The number of carbonyl (C=O) groups is 2. The third-order valence-electron chi connectivity index (χ3n) is 2.28. The summed E-state index contributed by atoms with van der Waals surface area (Å²) in [5.41, 5.74) is -0.637. The maximum atomic E-state index is 11.9. The topological polar surface area (TPSA) is 76.1 Å². The van der Waals surface area contributed by atoms with Gasteiger partial charge in [-0.2, -0.15) is 0 Å². The van der Waals surface area contributed by atoms with Crippen molar-refractivity contribution in [3.8, 4) is 0 Å². The molecule has 1 N–H and O–H groups in total. The van der Waals surface area contributed by atoms with E-state index < -0.39 is 23.7 Å². The molecule has 6 heteroatoms. The number of amides is 1. The largest absolute Gasteiger partial charge is 0.480 e. The lowest BCUT2D eigenvalue weighted by molar-refractivity contribution is -0.152. The van der Waals surface area contributed by atoms with Gasteiger partial charge < -0.3 is 14.6 Å². The van der Waals surface area contributed by atoms with Crippen LogP contribution < -0.4 is 0 Å². The zero-order valence-electron chi connectivity index (χ0n) is 10.6. The summed E-state index contributed by atoms with van der Waals surface area (Å²) in [4.78, 5) is 24.1. The zero-order chi connectivity index (χ0) is 13.2. The fourth-order valence-electron chi connectivity index (χ4n) is 1.53. The van der Waals surface area contributed by atoms with Crippen LogP contribution in [0.1, 0.15) is 27.7 Å². The Morgan fingerprint density at radius 2 is 2.00 bits per heavy atom. The third kappa shape index (κ3) is 3.89. The smallest absolute Gasteiger partial charge is 0.411 e. The van der Waals surface area contributed by atoms with Gasteiger partial charge in [0.05, 0.1) is 19.3 Å². The van der Waals surface area contributed by atoms with E-state index in [2.05, 4.69) is 0 Å². The number of ether oxygens (including phenoxy) is 2. The molecular formula is C11H19NO5. The Bertz CT molecular complexity index is 309. The molecule has 0 spiro atoms. The zero-order valence-corrected chi connectivity index (χ0v) is 10.6. The molecule has 1 aliphatic heterocycles. The SMILES string of the molecule is C[C@@H]1CN(C(=O)OC(C)(C)C)[C@@H](C(=O)O)CO1. The van der Waals surface area contributed by atoms with Crippen LogP contribution >= 0.6 is 0 Å². The highest BCUT2D eigenvalue weighted by atomic mass is 16.6. The molecule has 1 heterocycles. The van der Waals surface area contributed by atoms with Crippen molar-refractivity contribution in [3.05, 3.63) is 0 Å². The second-order valence-electron chi connectivity index (χ2n) is 5.13. The monoisotopic (exact) mass is 245 g/mol. The average Bonchev–Trinajstić information content (AvgIpc) is 2.14. The number of carboxylic acids is 1. The van der Waals surface area contributed by atoms with Crippen molar-refractivity contribution in [2.75, 3.05) is 13.2 Å². The highest BCUT2D eigenvalue weighted by Gasteiger charge is 2.37. The van der Waals surface area contributed by atoms with Gasteiger partial charge in [-0.25, -0.2) is 9.59 Å². The lowest BCUT2D eigenvalue weighted by atomic mass is 10.2. The normalized spacial score (nSPS) is 25.5. The Morgan fingerprint density at radius 3 is 2.47 bits per heavy atom. The maximum absolute atomic E-state index is 11.9. The van der Waals surface area contributed by atoms with Crippen molar-refractivity contribution < 1.29 is 24.2 Å². The molecule has 0 aromatic heterocycles. The molecule has 0 aromatic carbocycles. The molecule has 1 saturated heterocycles. The molecule has 0 aromatic rings. The van der Waals surface area contributed by atoms with Gasteiger partial charge in [0.15, 0.2) is 6.04 Å². The number of morpholine rings is 1. The van der Waals surface area contributed by atoms with Crippen molar-refractivity contribution in [1.29, 1.82) is 0 Å². The number of rotatable bonds is 1. The van der Waals surface area contributed by atoms with E-state index in [4.69, 9.17) is 14.6 Å². The highest BCUT2D eigenvalue weighted by Crippen LogP contribution is 2.17. The molecule has 1 aliphatic rings. The lowest BCUT2D eigenvalue weighted by Gasteiger charge is -2.37. The second-order valence-corrected chi connectivity index (χ2v) is 5.13. The minimum Gasteiger partial charge on any atom is -0.480 e. The minimum absolute atomic E-state index is 0.00422. The van der Waals surface area contributed by atoms with Crippen molar-refractivity contribution in [3.63, 3.8) is 0 Å². The summed E-state index contributed by atoms with van der Waals surface area (Å²) in [6.07, 6.45) is -0.793. The molecule has 1 rings (SSSR count). The van der Waals surface area contributed by atoms with Crippen molar-refractivity contribution in [2.45, 2.75) is 45.4 Å². The Balaban J connectivity index is 2.75. The second kappa shape index (κ2) is 4.91. The van der Waals surface area contributed by atoms with Gasteiger partial charge in [-0.15, -0.1) is 0 Å². The molecule has 1 fully saturated rings. The van der Waals surface area contributed by atoms with Gasteiger partial charge in [0, 0.05) is 0 Å². The van der Waals surface area contributed by atoms with Crippen LogP contribution in [-0.4, -0.2) is 53.0 Å². The van der Waals surface area contributed by atoms with Gasteiger partial charge in [-0.1, -0.05) is 0 Å². The minimum atomic E-state index is -1.08. The Kier molecular flexibility index (Phi) is 3.98. The summed E-state index contributed by atoms with van der Waals surface area (Å²) in [6.45, 7) is 7.23. The first kappa shape index (κ1) is 13.8. The molecule has 0 unspecified atom stereocenters. The standard InChI is InChI=1S/C11H19NO5/c1-7-5-12(8(6-16-7)9(13)14)10(15)17-11(2,3)4/h7-8H,5-6H2,1-4H3,(H,13,14)/t7-,8-/m1/s1. The molecule has 0 saturated carbocycles. The first-order valence-electron chi connectivity index (χ1n) is 5.55. The predicted molar refractivity (Wildman–Crippen MR) is 59.8 cm³/mol. The van der Waals surface area contributed by atoms with Crippen LogP contribution in [0, 0.1) is 0 Å². The molecule has 17 heavy (non-hydrogen) atoms. The van der Waals surface area contributed by atoms with Gasteiger partial charge in [0.1, 0.15) is 5.60 Å². The molecule has 0 aliphatic carbocycles. The number of aliphatic carboxylic acids is 1. The van der Waals surface area contributed by atoms with E-state index in [1.165, 1.54) is 4.90 Å². The van der Waals surface area contributed by atoms with Crippen LogP contribution in [0.4, 0.5) is 4.79 Å².